The first kappa shape index (κ1) is 17.5. The maximum atomic E-state index is 12.3. The van der Waals surface area contributed by atoms with E-state index in [4.69, 9.17) is 16.0 Å². The molecule has 3 aromatic heterocycles. The molecule has 4 rings (SSSR count). The highest BCUT2D eigenvalue weighted by Crippen LogP contribution is 2.23. The first-order valence-electron chi connectivity index (χ1n) is 8.14. The fourth-order valence-corrected chi connectivity index (χ4v) is 3.55. The molecule has 0 bridgehead atoms. The van der Waals surface area contributed by atoms with Crippen LogP contribution in [0.5, 0.6) is 0 Å². The lowest BCUT2D eigenvalue weighted by molar-refractivity contribution is -0.121. The van der Waals surface area contributed by atoms with Crippen molar-refractivity contribution in [3.05, 3.63) is 75.3 Å². The summed E-state index contributed by atoms with van der Waals surface area (Å²) in [6.07, 6.45) is 1.39. The van der Waals surface area contributed by atoms with Crippen LogP contribution in [0.15, 0.2) is 63.4 Å². The van der Waals surface area contributed by atoms with Crippen molar-refractivity contribution >= 4 is 39.1 Å². The van der Waals surface area contributed by atoms with E-state index in [-0.39, 0.29) is 24.6 Å². The molecule has 6 nitrogen and oxygen atoms in total. The quantitative estimate of drug-likeness (QED) is 0.555. The Labute approximate surface area is 163 Å². The maximum Gasteiger partial charge on any atom is 0.271 e. The number of nitrogens with one attached hydrogen (secondary N) is 1. The molecule has 0 radical (unpaired) electrons. The van der Waals surface area contributed by atoms with E-state index in [1.165, 1.54) is 22.2 Å². The van der Waals surface area contributed by atoms with Crippen molar-refractivity contribution in [2.45, 2.75) is 13.1 Å². The van der Waals surface area contributed by atoms with Gasteiger partial charge in [-0.05, 0) is 47.8 Å². The Morgan fingerprint density at radius 2 is 2.00 bits per heavy atom. The maximum absolute atomic E-state index is 12.3. The average Bonchev–Trinajstić information content (AvgIpc) is 3.33. The van der Waals surface area contributed by atoms with Crippen molar-refractivity contribution in [1.82, 2.24) is 14.9 Å². The number of halogens is 1. The molecule has 0 saturated carbocycles. The number of hydrogen-bond acceptors (Lipinski definition) is 5. The smallest absolute Gasteiger partial charge is 0.271 e. The number of carbonyl (C=O) groups excluding carboxylic acids is 1. The third-order valence-corrected chi connectivity index (χ3v) is 5.14. The number of aromatic nitrogens is 2. The Hall–Kier alpha value is -2.90. The van der Waals surface area contributed by atoms with E-state index in [9.17, 15) is 9.59 Å². The highest BCUT2D eigenvalue weighted by Gasteiger charge is 2.10. The van der Waals surface area contributed by atoms with Crippen LogP contribution in [0, 0.1) is 0 Å². The second-order valence-corrected chi connectivity index (χ2v) is 7.21. The van der Waals surface area contributed by atoms with Crippen LogP contribution in [0.25, 0.3) is 21.5 Å². The van der Waals surface area contributed by atoms with Crippen molar-refractivity contribution in [3.8, 4) is 11.3 Å². The number of nitrogens with zero attached hydrogens (tertiary/aromatic N) is 2. The second-order valence-electron chi connectivity index (χ2n) is 5.86. The predicted octanol–water partition coefficient (Wildman–Crippen LogP) is 3.69. The molecule has 8 heteroatoms. The zero-order valence-corrected chi connectivity index (χ0v) is 15.6. The van der Waals surface area contributed by atoms with Crippen LogP contribution in [-0.4, -0.2) is 15.5 Å². The van der Waals surface area contributed by atoms with Crippen LogP contribution in [0.3, 0.4) is 0 Å². The summed E-state index contributed by atoms with van der Waals surface area (Å²) in [6.45, 7) is 0.139. The lowest BCUT2D eigenvalue weighted by atomic mass is 10.2. The van der Waals surface area contributed by atoms with Crippen LogP contribution in [0.1, 0.15) is 5.76 Å². The molecule has 1 amide bonds. The summed E-state index contributed by atoms with van der Waals surface area (Å²) in [6, 6.07) is 12.7. The minimum Gasteiger partial charge on any atom is -0.459 e. The van der Waals surface area contributed by atoms with Gasteiger partial charge in [-0.2, -0.15) is 0 Å². The predicted molar refractivity (Wildman–Crippen MR) is 105 cm³/mol. The van der Waals surface area contributed by atoms with Gasteiger partial charge in [0.25, 0.3) is 5.56 Å². The molecule has 3 heterocycles. The van der Waals surface area contributed by atoms with Gasteiger partial charge in [0.2, 0.25) is 5.91 Å². The van der Waals surface area contributed by atoms with Crippen LogP contribution in [-0.2, 0) is 17.9 Å². The lowest BCUT2D eigenvalue weighted by Crippen LogP contribution is -2.31. The first-order valence-corrected chi connectivity index (χ1v) is 9.40. The molecule has 0 aliphatic heterocycles. The summed E-state index contributed by atoms with van der Waals surface area (Å²) >= 11 is 7.20. The van der Waals surface area contributed by atoms with E-state index in [2.05, 4.69) is 10.3 Å². The van der Waals surface area contributed by atoms with Gasteiger partial charge in [-0.25, -0.2) is 4.98 Å². The number of amides is 1. The van der Waals surface area contributed by atoms with E-state index in [0.29, 0.717) is 26.8 Å². The van der Waals surface area contributed by atoms with E-state index in [1.807, 2.05) is 18.2 Å². The molecule has 0 unspecified atom stereocenters. The van der Waals surface area contributed by atoms with Crippen LogP contribution in [0.2, 0.25) is 5.02 Å². The number of carbonyl (C=O) groups is 1. The Balaban J connectivity index is 1.40. The molecule has 1 N–H and O–H groups in total. The number of furan rings is 1. The van der Waals surface area contributed by atoms with Gasteiger partial charge >= 0.3 is 0 Å². The zero-order valence-electron chi connectivity index (χ0n) is 14.0. The Bertz CT molecular complexity index is 1160. The average molecular weight is 400 g/mol. The zero-order chi connectivity index (χ0) is 18.8. The van der Waals surface area contributed by atoms with Crippen LogP contribution in [0.4, 0.5) is 0 Å². The molecule has 136 valence electrons. The second kappa shape index (κ2) is 7.38. The van der Waals surface area contributed by atoms with Gasteiger partial charge in [0, 0.05) is 10.6 Å². The van der Waals surface area contributed by atoms with Gasteiger partial charge in [-0.15, -0.1) is 11.3 Å². The van der Waals surface area contributed by atoms with Gasteiger partial charge in [-0.3, -0.25) is 14.2 Å². The standard InChI is InChI=1S/C19H14ClN3O3S/c20-13-3-1-12(2-4-13)16-6-5-14(26-16)9-21-17(24)10-23-11-22-15-7-8-27-18(15)19(23)25/h1-8,11H,9-10H2,(H,21,24). The summed E-state index contributed by atoms with van der Waals surface area (Å²) in [5.41, 5.74) is 1.33. The van der Waals surface area contributed by atoms with E-state index < -0.39 is 0 Å². The Morgan fingerprint density at radius 3 is 2.81 bits per heavy atom. The van der Waals surface area contributed by atoms with E-state index in [0.717, 1.165) is 5.56 Å². The van der Waals surface area contributed by atoms with Crippen molar-refractivity contribution in [3.63, 3.8) is 0 Å². The highest BCUT2D eigenvalue weighted by atomic mass is 35.5. The number of hydrogen-bond donors (Lipinski definition) is 1. The molecule has 1 aromatic carbocycles. The summed E-state index contributed by atoms with van der Waals surface area (Å²) in [4.78, 5) is 28.7. The van der Waals surface area contributed by atoms with Crippen LogP contribution < -0.4 is 10.9 Å². The van der Waals surface area contributed by atoms with Gasteiger partial charge in [0.05, 0.1) is 18.4 Å². The van der Waals surface area contributed by atoms with Crippen molar-refractivity contribution in [2.24, 2.45) is 0 Å². The lowest BCUT2D eigenvalue weighted by Gasteiger charge is -2.06. The highest BCUT2D eigenvalue weighted by molar-refractivity contribution is 7.17. The molecule has 0 saturated heterocycles. The first-order chi connectivity index (χ1) is 13.1. The third-order valence-electron chi connectivity index (χ3n) is 4.00. The molecular weight excluding hydrogens is 386 g/mol. The normalized spacial score (nSPS) is 11.0. The molecule has 4 aromatic rings. The van der Waals surface area contributed by atoms with Crippen molar-refractivity contribution in [2.75, 3.05) is 0 Å². The summed E-state index contributed by atoms with van der Waals surface area (Å²) in [5, 5.41) is 5.21. The monoisotopic (exact) mass is 399 g/mol. The van der Waals surface area contributed by atoms with Gasteiger partial charge in [-0.1, -0.05) is 11.6 Å². The fraction of sp³-hybridized carbons (Fsp3) is 0.105. The van der Waals surface area contributed by atoms with E-state index >= 15 is 0 Å². The molecule has 0 fully saturated rings. The summed E-state index contributed by atoms with van der Waals surface area (Å²) < 4.78 is 7.59. The van der Waals surface area contributed by atoms with E-state index in [1.54, 1.807) is 29.6 Å². The molecular formula is C19H14ClN3O3S. The Morgan fingerprint density at radius 1 is 1.19 bits per heavy atom. The molecule has 27 heavy (non-hydrogen) atoms. The van der Waals surface area contributed by atoms with Gasteiger partial charge in [0.15, 0.2) is 0 Å². The summed E-state index contributed by atoms with van der Waals surface area (Å²) in [7, 11) is 0. The molecule has 0 atom stereocenters. The molecule has 0 aliphatic carbocycles. The minimum absolute atomic E-state index is 0.0928. The largest absolute Gasteiger partial charge is 0.459 e. The Kier molecular flexibility index (Phi) is 4.79. The van der Waals surface area contributed by atoms with Crippen LogP contribution >= 0.6 is 22.9 Å². The van der Waals surface area contributed by atoms with Gasteiger partial charge < -0.3 is 9.73 Å². The number of benzene rings is 1. The summed E-state index contributed by atoms with van der Waals surface area (Å²) in [5.74, 6) is 1.02. The van der Waals surface area contributed by atoms with Crippen molar-refractivity contribution < 1.29 is 9.21 Å². The minimum atomic E-state index is -0.292. The van der Waals surface area contributed by atoms with Crippen molar-refractivity contribution in [1.29, 1.82) is 0 Å². The fourth-order valence-electron chi connectivity index (χ4n) is 2.63. The number of rotatable bonds is 5. The topological polar surface area (TPSA) is 77.1 Å². The molecule has 0 aliphatic rings. The third kappa shape index (κ3) is 3.79. The SMILES string of the molecule is O=C(Cn1cnc2ccsc2c1=O)NCc1ccc(-c2ccc(Cl)cc2)o1. The number of fused-ring (bicyclic) bond motifs is 1. The number of thiophene rings is 1. The van der Waals surface area contributed by atoms with Gasteiger partial charge in [0.1, 0.15) is 22.8 Å². The molecule has 0 spiro atoms.